The fraction of sp³-hybridized carbons (Fsp3) is 0.474. The predicted octanol–water partition coefficient (Wildman–Crippen LogP) is 3.81. The van der Waals surface area contributed by atoms with Gasteiger partial charge in [-0.2, -0.15) is 13.8 Å². The number of rotatable bonds is 5. The first-order valence-corrected chi connectivity index (χ1v) is 10.1. The van der Waals surface area contributed by atoms with Crippen LogP contribution in [0.1, 0.15) is 72.2 Å². The normalized spacial score (nSPS) is 17.8. The highest BCUT2D eigenvalue weighted by atomic mass is 32.1. The molecule has 0 spiro atoms. The zero-order valence-electron chi connectivity index (χ0n) is 14.5. The Morgan fingerprint density at radius 3 is 2.73 bits per heavy atom. The molecule has 0 bridgehead atoms. The summed E-state index contributed by atoms with van der Waals surface area (Å²) in [5, 5.41) is 7.85. The van der Waals surface area contributed by atoms with Crippen LogP contribution in [0.2, 0.25) is 0 Å². The number of hydrogen-bond donors (Lipinski definition) is 1. The first-order chi connectivity index (χ1) is 12.8. The molecule has 2 saturated carbocycles. The molecule has 2 fully saturated rings. The Bertz CT molecular complexity index is 952. The van der Waals surface area contributed by atoms with Gasteiger partial charge in [0.15, 0.2) is 0 Å². The molecule has 0 atom stereocenters. The lowest BCUT2D eigenvalue weighted by molar-refractivity contribution is 0.0950. The van der Waals surface area contributed by atoms with Gasteiger partial charge in [0.05, 0.1) is 30.0 Å². The quantitative estimate of drug-likeness (QED) is 0.744. The van der Waals surface area contributed by atoms with E-state index in [-0.39, 0.29) is 5.91 Å². The molecule has 5 rings (SSSR count). The SMILES string of the molecule is O=C(NCc1cc(C2CC2)n(C2CCCC2)n1)c1ccc2nsnc2c1. The highest BCUT2D eigenvalue weighted by molar-refractivity contribution is 7.00. The van der Waals surface area contributed by atoms with E-state index in [0.29, 0.717) is 24.1 Å². The number of fused-ring (bicyclic) bond motifs is 1. The summed E-state index contributed by atoms with van der Waals surface area (Å²) in [7, 11) is 0. The van der Waals surface area contributed by atoms with E-state index in [4.69, 9.17) is 5.10 Å². The zero-order chi connectivity index (χ0) is 17.5. The second-order valence-corrected chi connectivity index (χ2v) is 7.90. The molecular formula is C19H21N5OS. The molecule has 3 aromatic rings. The van der Waals surface area contributed by atoms with Crippen molar-refractivity contribution in [3.8, 4) is 0 Å². The molecule has 134 valence electrons. The van der Waals surface area contributed by atoms with Gasteiger partial charge in [-0.3, -0.25) is 9.48 Å². The lowest BCUT2D eigenvalue weighted by atomic mass is 10.2. The van der Waals surface area contributed by atoms with Crippen LogP contribution < -0.4 is 5.32 Å². The maximum Gasteiger partial charge on any atom is 0.251 e. The number of hydrogen-bond acceptors (Lipinski definition) is 5. The summed E-state index contributed by atoms with van der Waals surface area (Å²) in [6, 6.07) is 8.18. The molecule has 1 N–H and O–H groups in total. The molecule has 1 aromatic carbocycles. The number of nitrogens with zero attached hydrogens (tertiary/aromatic N) is 4. The van der Waals surface area contributed by atoms with Gasteiger partial charge >= 0.3 is 0 Å². The van der Waals surface area contributed by atoms with Crippen molar-refractivity contribution in [2.24, 2.45) is 0 Å². The Morgan fingerprint density at radius 2 is 1.92 bits per heavy atom. The van der Waals surface area contributed by atoms with Crippen LogP contribution in [0, 0.1) is 0 Å². The summed E-state index contributed by atoms with van der Waals surface area (Å²) in [6.45, 7) is 0.464. The van der Waals surface area contributed by atoms with Gasteiger partial charge < -0.3 is 5.32 Å². The third-order valence-corrected chi connectivity index (χ3v) is 5.98. The van der Waals surface area contributed by atoms with E-state index >= 15 is 0 Å². The minimum Gasteiger partial charge on any atom is -0.346 e. The van der Waals surface area contributed by atoms with Crippen molar-refractivity contribution in [3.05, 3.63) is 41.2 Å². The molecule has 0 unspecified atom stereocenters. The van der Waals surface area contributed by atoms with Crippen molar-refractivity contribution in [2.45, 2.75) is 57.0 Å². The Labute approximate surface area is 155 Å². The molecule has 0 radical (unpaired) electrons. The van der Waals surface area contributed by atoms with Gasteiger partial charge in [-0.25, -0.2) is 0 Å². The fourth-order valence-electron chi connectivity index (χ4n) is 3.87. The van der Waals surface area contributed by atoms with Gasteiger partial charge in [-0.15, -0.1) is 0 Å². The number of aromatic nitrogens is 4. The van der Waals surface area contributed by atoms with Gasteiger partial charge in [-0.05, 0) is 49.9 Å². The highest BCUT2D eigenvalue weighted by Gasteiger charge is 2.31. The third-order valence-electron chi connectivity index (χ3n) is 5.43. The average Bonchev–Trinajstić information content (AvgIpc) is 3.08. The molecule has 26 heavy (non-hydrogen) atoms. The first-order valence-electron chi connectivity index (χ1n) is 9.37. The summed E-state index contributed by atoms with van der Waals surface area (Å²) in [5.41, 5.74) is 4.54. The van der Waals surface area contributed by atoms with E-state index < -0.39 is 0 Å². The average molecular weight is 367 g/mol. The highest BCUT2D eigenvalue weighted by Crippen LogP contribution is 2.43. The molecule has 2 aliphatic rings. The van der Waals surface area contributed by atoms with Crippen molar-refractivity contribution >= 4 is 28.7 Å². The molecule has 0 saturated heterocycles. The Hall–Kier alpha value is -2.28. The fourth-order valence-corrected chi connectivity index (χ4v) is 4.39. The molecule has 1 amide bonds. The summed E-state index contributed by atoms with van der Waals surface area (Å²) in [6.07, 6.45) is 7.60. The number of carbonyl (C=O) groups is 1. The Kier molecular flexibility index (Phi) is 3.96. The number of nitrogens with one attached hydrogen (secondary N) is 1. The van der Waals surface area contributed by atoms with Crippen LogP contribution in [0.4, 0.5) is 0 Å². The van der Waals surface area contributed by atoms with E-state index in [1.54, 1.807) is 12.1 Å². The topological polar surface area (TPSA) is 72.7 Å². The van der Waals surface area contributed by atoms with Gasteiger partial charge in [0.2, 0.25) is 0 Å². The molecule has 2 aromatic heterocycles. The van der Waals surface area contributed by atoms with Crippen molar-refractivity contribution in [3.63, 3.8) is 0 Å². The van der Waals surface area contributed by atoms with E-state index in [2.05, 4.69) is 24.8 Å². The largest absolute Gasteiger partial charge is 0.346 e. The second-order valence-electron chi connectivity index (χ2n) is 7.37. The lowest BCUT2D eigenvalue weighted by Crippen LogP contribution is -2.23. The summed E-state index contributed by atoms with van der Waals surface area (Å²) in [5.74, 6) is 0.579. The molecule has 2 heterocycles. The van der Waals surface area contributed by atoms with E-state index in [1.807, 2.05) is 6.07 Å². The van der Waals surface area contributed by atoms with Crippen LogP contribution in [0.25, 0.3) is 11.0 Å². The molecule has 0 aliphatic heterocycles. The summed E-state index contributed by atoms with van der Waals surface area (Å²) < 4.78 is 10.6. The number of amides is 1. The maximum absolute atomic E-state index is 12.5. The van der Waals surface area contributed by atoms with Crippen LogP contribution in [0.3, 0.4) is 0 Å². The van der Waals surface area contributed by atoms with Gasteiger partial charge in [-0.1, -0.05) is 12.8 Å². The van der Waals surface area contributed by atoms with E-state index in [1.165, 1.54) is 44.2 Å². The summed E-state index contributed by atoms with van der Waals surface area (Å²) in [4.78, 5) is 12.5. The standard InChI is InChI=1S/C19H21N5OS/c25-19(13-7-8-16-17(9-13)23-26-22-16)20-11-14-10-18(12-5-6-12)24(21-14)15-3-1-2-4-15/h7-10,12,15H,1-6,11H2,(H,20,25). The van der Waals surface area contributed by atoms with Gasteiger partial charge in [0.1, 0.15) is 11.0 Å². The van der Waals surface area contributed by atoms with Crippen molar-refractivity contribution < 1.29 is 4.79 Å². The summed E-state index contributed by atoms with van der Waals surface area (Å²) >= 11 is 1.16. The Morgan fingerprint density at radius 1 is 1.12 bits per heavy atom. The third kappa shape index (κ3) is 3.00. The molecule has 7 heteroatoms. The number of benzene rings is 1. The molecule has 6 nitrogen and oxygen atoms in total. The zero-order valence-corrected chi connectivity index (χ0v) is 15.3. The smallest absolute Gasteiger partial charge is 0.251 e. The van der Waals surface area contributed by atoms with Crippen molar-refractivity contribution in [1.82, 2.24) is 23.8 Å². The maximum atomic E-state index is 12.5. The van der Waals surface area contributed by atoms with Crippen molar-refractivity contribution in [2.75, 3.05) is 0 Å². The van der Waals surface area contributed by atoms with Crippen molar-refractivity contribution in [1.29, 1.82) is 0 Å². The Balaban J connectivity index is 1.31. The van der Waals surface area contributed by atoms with Crippen LogP contribution in [-0.2, 0) is 6.54 Å². The van der Waals surface area contributed by atoms with Crippen LogP contribution in [0.5, 0.6) is 0 Å². The molecule has 2 aliphatic carbocycles. The van der Waals surface area contributed by atoms with Crippen LogP contribution >= 0.6 is 11.7 Å². The van der Waals surface area contributed by atoms with Gasteiger partial charge in [0.25, 0.3) is 5.91 Å². The van der Waals surface area contributed by atoms with E-state index in [0.717, 1.165) is 28.5 Å². The van der Waals surface area contributed by atoms with E-state index in [9.17, 15) is 4.79 Å². The van der Waals surface area contributed by atoms with Gasteiger partial charge in [0, 0.05) is 17.2 Å². The lowest BCUT2D eigenvalue weighted by Gasteiger charge is -2.13. The second kappa shape index (κ2) is 6.46. The predicted molar refractivity (Wildman–Crippen MR) is 100 cm³/mol. The minimum atomic E-state index is -0.0942. The van der Waals surface area contributed by atoms with Crippen LogP contribution in [-0.4, -0.2) is 24.4 Å². The van der Waals surface area contributed by atoms with Crippen LogP contribution in [0.15, 0.2) is 24.3 Å². The molecular weight excluding hydrogens is 346 g/mol. The minimum absolute atomic E-state index is 0.0942. The number of carbonyl (C=O) groups excluding carboxylic acids is 1. The first kappa shape index (κ1) is 15.9. The monoisotopic (exact) mass is 367 g/mol.